The van der Waals surface area contributed by atoms with Gasteiger partial charge < -0.3 is 0 Å². The predicted octanol–water partition coefficient (Wildman–Crippen LogP) is 4.37. The van der Waals surface area contributed by atoms with Crippen molar-refractivity contribution in [2.45, 2.75) is 17.6 Å². The van der Waals surface area contributed by atoms with Crippen LogP contribution in [0.2, 0.25) is 0 Å². The first-order valence-corrected chi connectivity index (χ1v) is 9.84. The maximum atomic E-state index is 12.0. The molecule has 0 aliphatic rings. The van der Waals surface area contributed by atoms with Crippen LogP contribution in [0.3, 0.4) is 0 Å². The van der Waals surface area contributed by atoms with Crippen LogP contribution in [0.25, 0.3) is 9.65 Å². The van der Waals surface area contributed by atoms with E-state index < -0.39 is 0 Å². The van der Waals surface area contributed by atoms with E-state index in [-0.39, 0.29) is 5.97 Å². The number of thioether (sulfide) groups is 1. The van der Waals surface area contributed by atoms with Crippen LogP contribution in [0.1, 0.15) is 21.7 Å². The molecule has 1 heterocycles. The first-order chi connectivity index (χ1) is 10.8. The van der Waals surface area contributed by atoms with Gasteiger partial charge >= 0.3 is 140 Å². The summed E-state index contributed by atoms with van der Waals surface area (Å²) < 4.78 is 8.03. The van der Waals surface area contributed by atoms with E-state index in [0.717, 1.165) is 10.6 Å². The van der Waals surface area contributed by atoms with E-state index in [1.165, 1.54) is 14.1 Å². The van der Waals surface area contributed by atoms with Crippen molar-refractivity contribution in [2.75, 3.05) is 6.61 Å². The van der Waals surface area contributed by atoms with Crippen molar-refractivity contribution in [3.8, 4) is 0 Å². The van der Waals surface area contributed by atoms with Crippen LogP contribution in [-0.2, 0) is 10.5 Å². The molecule has 0 N–H and O–H groups in total. The molecule has 2 aromatic carbocycles. The first-order valence-electron chi connectivity index (χ1n) is 7.14. The van der Waals surface area contributed by atoms with Crippen LogP contribution in [0.15, 0.2) is 59.5 Å². The molecule has 1 aromatic heterocycles. The zero-order valence-corrected chi connectivity index (χ0v) is 14.8. The zero-order chi connectivity index (χ0) is 15.4. The molecule has 0 amide bonds. The number of carbonyl (C=O) groups excluding carboxylic acids is 1. The third-order valence-electron chi connectivity index (χ3n) is 3.23. The SMILES string of the molecule is CCOC(=O)c1ccccc1SCc1cc2ccccc2[se]1. The number of ether oxygens (including phenoxy) is 1. The molecular weight excluding hydrogens is 359 g/mol. The summed E-state index contributed by atoms with van der Waals surface area (Å²) in [7, 11) is 0. The van der Waals surface area contributed by atoms with Crippen molar-refractivity contribution in [1.82, 2.24) is 0 Å². The molecular formula is C18H16O2SSe. The fourth-order valence-corrected chi connectivity index (χ4v) is 5.69. The number of rotatable bonds is 5. The molecule has 0 aliphatic heterocycles. The van der Waals surface area contributed by atoms with Crippen molar-refractivity contribution in [1.29, 1.82) is 0 Å². The Bertz CT molecular complexity index is 761. The van der Waals surface area contributed by atoms with E-state index in [2.05, 4.69) is 30.3 Å². The molecule has 0 fully saturated rings. The number of benzene rings is 2. The number of fused-ring (bicyclic) bond motifs is 1. The van der Waals surface area contributed by atoms with E-state index >= 15 is 0 Å². The van der Waals surface area contributed by atoms with Gasteiger partial charge in [0.25, 0.3) is 0 Å². The van der Waals surface area contributed by atoms with Crippen molar-refractivity contribution < 1.29 is 9.53 Å². The number of hydrogen-bond acceptors (Lipinski definition) is 3. The Morgan fingerprint density at radius 3 is 2.73 bits per heavy atom. The standard InChI is InChI=1S/C18H16O2SSe/c1-2-20-18(19)15-8-4-5-9-16(15)21-12-14-11-13-7-3-6-10-17(13)22-14/h3-11H,2,12H2,1H3. The van der Waals surface area contributed by atoms with Gasteiger partial charge in [-0.2, -0.15) is 0 Å². The molecule has 3 rings (SSSR count). The Hall–Kier alpha value is -1.48. The Balaban J connectivity index is 1.77. The molecule has 0 saturated heterocycles. The van der Waals surface area contributed by atoms with Crippen LogP contribution in [0.4, 0.5) is 0 Å². The van der Waals surface area contributed by atoms with Gasteiger partial charge in [-0.3, -0.25) is 0 Å². The topological polar surface area (TPSA) is 26.3 Å². The fraction of sp³-hybridized carbons (Fsp3) is 0.167. The van der Waals surface area contributed by atoms with Crippen LogP contribution >= 0.6 is 11.8 Å². The van der Waals surface area contributed by atoms with Crippen molar-refractivity contribution in [2.24, 2.45) is 0 Å². The van der Waals surface area contributed by atoms with Gasteiger partial charge in [-0.05, 0) is 0 Å². The normalized spacial score (nSPS) is 10.8. The van der Waals surface area contributed by atoms with E-state index in [4.69, 9.17) is 4.74 Å². The minimum absolute atomic E-state index is 0.236. The number of esters is 1. The van der Waals surface area contributed by atoms with Crippen LogP contribution in [0, 0.1) is 0 Å². The first kappa shape index (κ1) is 15.4. The third-order valence-corrected chi connectivity index (χ3v) is 7.11. The number of hydrogen-bond donors (Lipinski definition) is 0. The maximum absolute atomic E-state index is 12.0. The monoisotopic (exact) mass is 376 g/mol. The summed E-state index contributed by atoms with van der Waals surface area (Å²) in [5.41, 5.74) is 0.665. The molecule has 0 unspecified atom stereocenters. The van der Waals surface area contributed by atoms with Gasteiger partial charge in [-0.1, -0.05) is 0 Å². The van der Waals surface area contributed by atoms with Crippen LogP contribution < -0.4 is 0 Å². The van der Waals surface area contributed by atoms with Gasteiger partial charge in [0, 0.05) is 0 Å². The summed E-state index contributed by atoms with van der Waals surface area (Å²) in [6, 6.07) is 18.5. The van der Waals surface area contributed by atoms with Crippen molar-refractivity contribution >= 4 is 41.9 Å². The van der Waals surface area contributed by atoms with Gasteiger partial charge in [0.05, 0.1) is 0 Å². The average Bonchev–Trinajstić information content (AvgIpc) is 2.96. The van der Waals surface area contributed by atoms with E-state index in [1.54, 1.807) is 11.8 Å². The summed E-state index contributed by atoms with van der Waals surface area (Å²) in [4.78, 5) is 13.0. The second-order valence-electron chi connectivity index (χ2n) is 4.76. The summed E-state index contributed by atoms with van der Waals surface area (Å²) in [6.45, 7) is 2.23. The van der Waals surface area contributed by atoms with Gasteiger partial charge in [-0.15, -0.1) is 0 Å². The molecule has 0 atom stereocenters. The van der Waals surface area contributed by atoms with Crippen LogP contribution in [0.5, 0.6) is 0 Å². The fourth-order valence-electron chi connectivity index (χ4n) is 2.23. The summed E-state index contributed by atoms with van der Waals surface area (Å²) in [5.74, 6) is 0.685. The molecule has 4 heteroatoms. The predicted molar refractivity (Wildman–Crippen MR) is 92.8 cm³/mol. The molecule has 3 aromatic rings. The van der Waals surface area contributed by atoms with E-state index in [0.29, 0.717) is 26.7 Å². The Kier molecular flexibility index (Phi) is 5.04. The van der Waals surface area contributed by atoms with Gasteiger partial charge in [0.2, 0.25) is 0 Å². The molecule has 0 radical (unpaired) electrons. The molecule has 22 heavy (non-hydrogen) atoms. The van der Waals surface area contributed by atoms with Gasteiger partial charge in [-0.25, -0.2) is 0 Å². The van der Waals surface area contributed by atoms with Gasteiger partial charge in [0.1, 0.15) is 0 Å². The number of carbonyl (C=O) groups is 1. The molecule has 0 bridgehead atoms. The molecule has 112 valence electrons. The molecule has 0 spiro atoms. The Morgan fingerprint density at radius 1 is 1.14 bits per heavy atom. The van der Waals surface area contributed by atoms with Crippen LogP contribution in [-0.4, -0.2) is 27.1 Å². The average molecular weight is 375 g/mol. The minimum atomic E-state index is -0.236. The quantitative estimate of drug-likeness (QED) is 0.376. The zero-order valence-electron chi connectivity index (χ0n) is 12.2. The third kappa shape index (κ3) is 3.46. The second-order valence-corrected chi connectivity index (χ2v) is 8.22. The van der Waals surface area contributed by atoms with Gasteiger partial charge in [0.15, 0.2) is 0 Å². The second kappa shape index (κ2) is 7.19. The molecule has 0 aliphatic carbocycles. The summed E-state index contributed by atoms with van der Waals surface area (Å²) >= 11 is 2.12. The Labute approximate surface area is 140 Å². The van der Waals surface area contributed by atoms with E-state index in [9.17, 15) is 4.79 Å². The Morgan fingerprint density at radius 2 is 1.91 bits per heavy atom. The summed E-state index contributed by atoms with van der Waals surface area (Å²) in [6.07, 6.45) is 0. The molecule has 0 saturated carbocycles. The van der Waals surface area contributed by atoms with Crippen molar-refractivity contribution in [3.05, 3.63) is 64.6 Å². The molecule has 2 nitrogen and oxygen atoms in total. The van der Waals surface area contributed by atoms with Crippen molar-refractivity contribution in [3.63, 3.8) is 0 Å². The van der Waals surface area contributed by atoms with E-state index in [1.807, 2.05) is 31.2 Å². The summed E-state index contributed by atoms with van der Waals surface area (Å²) in [5, 5.41) is 1.34.